The van der Waals surface area contributed by atoms with E-state index in [4.69, 9.17) is 5.73 Å². The lowest BCUT2D eigenvalue weighted by Gasteiger charge is -2.04. The van der Waals surface area contributed by atoms with Crippen LogP contribution < -0.4 is 5.73 Å². The van der Waals surface area contributed by atoms with Gasteiger partial charge in [-0.25, -0.2) is 0 Å². The van der Waals surface area contributed by atoms with E-state index in [1.165, 1.54) is 27.7 Å². The minimum absolute atomic E-state index is 0.636. The molecular weight excluding hydrogens is 248 g/mol. The van der Waals surface area contributed by atoms with E-state index in [-0.39, 0.29) is 0 Å². The van der Waals surface area contributed by atoms with Gasteiger partial charge in [0.1, 0.15) is 0 Å². The predicted molar refractivity (Wildman–Crippen MR) is 82.6 cm³/mol. The van der Waals surface area contributed by atoms with E-state index < -0.39 is 0 Å². The molecule has 0 saturated carbocycles. The number of aromatic nitrogens is 3. The van der Waals surface area contributed by atoms with Gasteiger partial charge in [0.15, 0.2) is 0 Å². The molecule has 0 spiro atoms. The van der Waals surface area contributed by atoms with Crippen LogP contribution in [0, 0.1) is 6.92 Å². The fourth-order valence-electron chi connectivity index (χ4n) is 3.02. The maximum atomic E-state index is 5.76. The zero-order valence-electron chi connectivity index (χ0n) is 12.2. The standard InChI is InChI=1S/C16H20N4/c1-11-16(15(8-9-17)20(3)18-11)13-10-19(2)14-7-5-4-6-12(13)14/h4-7,10H,8-9,17H2,1-3H3. The van der Waals surface area contributed by atoms with Gasteiger partial charge in [0.25, 0.3) is 0 Å². The molecule has 104 valence electrons. The molecule has 3 rings (SSSR count). The Morgan fingerprint density at radius 2 is 1.95 bits per heavy atom. The Morgan fingerprint density at radius 3 is 2.70 bits per heavy atom. The maximum absolute atomic E-state index is 5.76. The molecule has 0 fully saturated rings. The highest BCUT2D eigenvalue weighted by molar-refractivity contribution is 5.97. The van der Waals surface area contributed by atoms with Gasteiger partial charge in [0.2, 0.25) is 0 Å². The van der Waals surface area contributed by atoms with Crippen LogP contribution in [0.25, 0.3) is 22.0 Å². The van der Waals surface area contributed by atoms with Crippen molar-refractivity contribution in [3.8, 4) is 11.1 Å². The van der Waals surface area contributed by atoms with Crippen LogP contribution in [0.5, 0.6) is 0 Å². The molecule has 0 aliphatic heterocycles. The summed E-state index contributed by atoms with van der Waals surface area (Å²) in [6.45, 7) is 2.70. The van der Waals surface area contributed by atoms with Crippen LogP contribution in [-0.2, 0) is 20.5 Å². The molecule has 1 aromatic carbocycles. The molecular formula is C16H20N4. The van der Waals surface area contributed by atoms with Gasteiger partial charge in [-0.15, -0.1) is 0 Å². The Morgan fingerprint density at radius 1 is 1.20 bits per heavy atom. The lowest BCUT2D eigenvalue weighted by molar-refractivity contribution is 0.701. The molecule has 0 unspecified atom stereocenters. The van der Waals surface area contributed by atoms with E-state index in [1.54, 1.807) is 0 Å². The molecule has 0 radical (unpaired) electrons. The van der Waals surface area contributed by atoms with Crippen LogP contribution in [-0.4, -0.2) is 20.9 Å². The van der Waals surface area contributed by atoms with Crippen LogP contribution in [0.4, 0.5) is 0 Å². The van der Waals surface area contributed by atoms with Gasteiger partial charge in [0, 0.05) is 54.4 Å². The van der Waals surface area contributed by atoms with Crippen molar-refractivity contribution in [2.45, 2.75) is 13.3 Å². The minimum Gasteiger partial charge on any atom is -0.350 e. The van der Waals surface area contributed by atoms with Crippen molar-refractivity contribution in [1.82, 2.24) is 14.3 Å². The summed E-state index contributed by atoms with van der Waals surface area (Å²) in [7, 11) is 4.08. The molecule has 0 atom stereocenters. The number of aryl methyl sites for hydroxylation is 3. The molecule has 2 aromatic heterocycles. The Balaban J connectivity index is 2.31. The van der Waals surface area contributed by atoms with Gasteiger partial charge in [0.05, 0.1) is 5.69 Å². The normalized spacial score (nSPS) is 11.4. The summed E-state index contributed by atoms with van der Waals surface area (Å²) in [4.78, 5) is 0. The second kappa shape index (κ2) is 4.80. The smallest absolute Gasteiger partial charge is 0.0675 e. The highest BCUT2D eigenvalue weighted by Crippen LogP contribution is 2.34. The number of nitrogens with two attached hydrogens (primary N) is 1. The fraction of sp³-hybridized carbons (Fsp3) is 0.312. The van der Waals surface area contributed by atoms with Gasteiger partial charge in [-0.05, 0) is 19.5 Å². The van der Waals surface area contributed by atoms with Crippen LogP contribution >= 0.6 is 0 Å². The summed E-state index contributed by atoms with van der Waals surface area (Å²) in [5, 5.41) is 5.84. The molecule has 0 aliphatic rings. The average molecular weight is 268 g/mol. The molecule has 2 N–H and O–H groups in total. The quantitative estimate of drug-likeness (QED) is 0.793. The number of rotatable bonds is 3. The van der Waals surface area contributed by atoms with Crippen LogP contribution in [0.1, 0.15) is 11.4 Å². The molecule has 4 heteroatoms. The lowest BCUT2D eigenvalue weighted by atomic mass is 10.0. The second-order valence-electron chi connectivity index (χ2n) is 5.24. The van der Waals surface area contributed by atoms with Crippen molar-refractivity contribution >= 4 is 10.9 Å². The van der Waals surface area contributed by atoms with E-state index in [0.717, 1.165) is 12.1 Å². The van der Waals surface area contributed by atoms with Crippen molar-refractivity contribution in [1.29, 1.82) is 0 Å². The van der Waals surface area contributed by atoms with E-state index >= 15 is 0 Å². The van der Waals surface area contributed by atoms with Crippen LogP contribution in [0.15, 0.2) is 30.5 Å². The third-order valence-electron chi connectivity index (χ3n) is 3.89. The van der Waals surface area contributed by atoms with Crippen molar-refractivity contribution < 1.29 is 0 Å². The molecule has 0 amide bonds. The topological polar surface area (TPSA) is 48.8 Å². The predicted octanol–water partition coefficient (Wildman–Crippen LogP) is 2.39. The molecule has 0 bridgehead atoms. The van der Waals surface area contributed by atoms with Gasteiger partial charge in [-0.3, -0.25) is 4.68 Å². The first-order valence-corrected chi connectivity index (χ1v) is 6.90. The summed E-state index contributed by atoms with van der Waals surface area (Å²) >= 11 is 0. The molecule has 4 nitrogen and oxygen atoms in total. The van der Waals surface area contributed by atoms with Gasteiger partial charge >= 0.3 is 0 Å². The number of fused-ring (bicyclic) bond motifs is 1. The minimum atomic E-state index is 0.636. The van der Waals surface area contributed by atoms with Crippen molar-refractivity contribution in [3.63, 3.8) is 0 Å². The number of benzene rings is 1. The lowest BCUT2D eigenvalue weighted by Crippen LogP contribution is -2.08. The van der Waals surface area contributed by atoms with E-state index in [9.17, 15) is 0 Å². The summed E-state index contributed by atoms with van der Waals surface area (Å²) in [5.41, 5.74) is 11.7. The Kier molecular flexibility index (Phi) is 3.10. The number of nitrogens with zero attached hydrogens (tertiary/aromatic N) is 3. The first-order valence-electron chi connectivity index (χ1n) is 6.90. The highest BCUT2D eigenvalue weighted by atomic mass is 15.3. The van der Waals surface area contributed by atoms with Crippen molar-refractivity contribution in [2.75, 3.05) is 6.54 Å². The zero-order chi connectivity index (χ0) is 14.3. The summed E-state index contributed by atoms with van der Waals surface area (Å²) in [6.07, 6.45) is 3.03. The van der Waals surface area contributed by atoms with Gasteiger partial charge in [-0.2, -0.15) is 5.10 Å². The zero-order valence-corrected chi connectivity index (χ0v) is 12.2. The monoisotopic (exact) mass is 268 g/mol. The van der Waals surface area contributed by atoms with E-state index in [0.29, 0.717) is 6.54 Å². The fourth-order valence-corrected chi connectivity index (χ4v) is 3.02. The Labute approximate surface area is 118 Å². The largest absolute Gasteiger partial charge is 0.350 e. The Hall–Kier alpha value is -2.07. The summed E-state index contributed by atoms with van der Waals surface area (Å²) < 4.78 is 4.13. The van der Waals surface area contributed by atoms with Crippen molar-refractivity contribution in [3.05, 3.63) is 41.9 Å². The molecule has 20 heavy (non-hydrogen) atoms. The average Bonchev–Trinajstić information content (AvgIpc) is 2.89. The highest BCUT2D eigenvalue weighted by Gasteiger charge is 2.18. The van der Waals surface area contributed by atoms with E-state index in [1.807, 2.05) is 11.7 Å². The number of hydrogen-bond acceptors (Lipinski definition) is 2. The third kappa shape index (κ3) is 1.84. The van der Waals surface area contributed by atoms with Crippen LogP contribution in [0.3, 0.4) is 0 Å². The Bertz CT molecular complexity index is 764. The molecule has 2 heterocycles. The van der Waals surface area contributed by atoms with Crippen LogP contribution in [0.2, 0.25) is 0 Å². The van der Waals surface area contributed by atoms with Crippen molar-refractivity contribution in [2.24, 2.45) is 19.8 Å². The van der Waals surface area contributed by atoms with E-state index in [2.05, 4.69) is 54.1 Å². The molecule has 3 aromatic rings. The van der Waals surface area contributed by atoms with Gasteiger partial charge < -0.3 is 10.3 Å². The first kappa shape index (κ1) is 12.9. The molecule has 0 aliphatic carbocycles. The number of para-hydroxylation sites is 1. The SMILES string of the molecule is Cc1nn(C)c(CCN)c1-c1cn(C)c2ccccc12. The summed E-state index contributed by atoms with van der Waals surface area (Å²) in [5.74, 6) is 0. The molecule has 0 saturated heterocycles. The second-order valence-corrected chi connectivity index (χ2v) is 5.24. The first-order chi connectivity index (χ1) is 9.63. The maximum Gasteiger partial charge on any atom is 0.0675 e. The van der Waals surface area contributed by atoms with Gasteiger partial charge in [-0.1, -0.05) is 18.2 Å². The third-order valence-corrected chi connectivity index (χ3v) is 3.89. The number of hydrogen-bond donors (Lipinski definition) is 1. The summed E-state index contributed by atoms with van der Waals surface area (Å²) in [6, 6.07) is 8.47.